The van der Waals surface area contributed by atoms with Crippen LogP contribution < -0.4 is 16.0 Å². The molecule has 0 aliphatic carbocycles. The van der Waals surface area contributed by atoms with Crippen LogP contribution in [0.3, 0.4) is 0 Å². The molecule has 0 radical (unpaired) electrons. The summed E-state index contributed by atoms with van der Waals surface area (Å²) < 4.78 is 0. The van der Waals surface area contributed by atoms with Crippen molar-refractivity contribution in [2.75, 3.05) is 23.7 Å². The second-order valence-electron chi connectivity index (χ2n) is 5.94. The lowest BCUT2D eigenvalue weighted by Crippen LogP contribution is -2.45. The molecule has 3 N–H and O–H groups in total. The Hall–Kier alpha value is -3.16. The van der Waals surface area contributed by atoms with Gasteiger partial charge in [0.15, 0.2) is 0 Å². The lowest BCUT2D eigenvalue weighted by Gasteiger charge is -2.33. The summed E-state index contributed by atoms with van der Waals surface area (Å²) in [6.07, 6.45) is 5.02. The number of benzene rings is 1. The van der Waals surface area contributed by atoms with Crippen LogP contribution in [0.25, 0.3) is 0 Å². The van der Waals surface area contributed by atoms with Gasteiger partial charge in [0.05, 0.1) is 10.6 Å². The number of anilines is 2. The van der Waals surface area contributed by atoms with E-state index in [1.807, 2.05) is 12.1 Å². The highest BCUT2D eigenvalue weighted by Crippen LogP contribution is 2.25. The van der Waals surface area contributed by atoms with Gasteiger partial charge in [0, 0.05) is 43.3 Å². The van der Waals surface area contributed by atoms with Crippen LogP contribution in [0.1, 0.15) is 23.2 Å². The van der Waals surface area contributed by atoms with E-state index >= 15 is 0 Å². The summed E-state index contributed by atoms with van der Waals surface area (Å²) in [5, 5.41) is 14.0. The second-order valence-corrected chi connectivity index (χ2v) is 5.94. The predicted molar refractivity (Wildman–Crippen MR) is 94.4 cm³/mol. The first-order chi connectivity index (χ1) is 12.1. The fourth-order valence-electron chi connectivity index (χ4n) is 3.05. The van der Waals surface area contributed by atoms with E-state index in [0.717, 1.165) is 31.6 Å². The molecule has 1 fully saturated rings. The maximum Gasteiger partial charge on any atom is 0.284 e. The molecule has 1 aromatic carbocycles. The van der Waals surface area contributed by atoms with Gasteiger partial charge in [0.25, 0.3) is 11.6 Å². The number of piperidine rings is 1. The van der Waals surface area contributed by atoms with E-state index < -0.39 is 10.8 Å². The molecular weight excluding hydrogens is 322 g/mol. The van der Waals surface area contributed by atoms with E-state index in [1.165, 1.54) is 18.2 Å². The van der Waals surface area contributed by atoms with Crippen LogP contribution in [-0.2, 0) is 0 Å². The molecule has 8 heteroatoms. The van der Waals surface area contributed by atoms with Crippen LogP contribution >= 0.6 is 0 Å². The van der Waals surface area contributed by atoms with E-state index in [4.69, 9.17) is 5.73 Å². The topological polar surface area (TPSA) is 114 Å². The molecule has 1 amide bonds. The normalized spacial score (nSPS) is 15.0. The van der Waals surface area contributed by atoms with Gasteiger partial charge in [-0.15, -0.1) is 0 Å². The summed E-state index contributed by atoms with van der Waals surface area (Å²) in [5.41, 5.74) is 6.66. The molecule has 0 atom stereocenters. The number of hydrogen-bond acceptors (Lipinski definition) is 6. The number of nitrogens with zero attached hydrogens (tertiary/aromatic N) is 3. The first-order valence-electron chi connectivity index (χ1n) is 8.05. The molecule has 8 nitrogen and oxygen atoms in total. The number of pyridine rings is 1. The number of carbonyl (C=O) groups is 1. The van der Waals surface area contributed by atoms with E-state index in [9.17, 15) is 14.9 Å². The molecule has 130 valence electrons. The molecule has 0 saturated carbocycles. The second kappa shape index (κ2) is 7.16. The number of nitrogens with two attached hydrogens (primary N) is 1. The van der Waals surface area contributed by atoms with Crippen LogP contribution in [0.5, 0.6) is 0 Å². The van der Waals surface area contributed by atoms with Gasteiger partial charge in [-0.05, 0) is 31.0 Å². The van der Waals surface area contributed by atoms with Gasteiger partial charge in [-0.2, -0.15) is 0 Å². The zero-order valence-corrected chi connectivity index (χ0v) is 13.6. The first kappa shape index (κ1) is 16.7. The molecule has 0 spiro atoms. The average Bonchev–Trinajstić information content (AvgIpc) is 2.62. The van der Waals surface area contributed by atoms with Crippen molar-refractivity contribution in [1.29, 1.82) is 0 Å². The van der Waals surface area contributed by atoms with E-state index in [2.05, 4.69) is 15.2 Å². The fraction of sp³-hybridized carbons (Fsp3) is 0.294. The van der Waals surface area contributed by atoms with Gasteiger partial charge >= 0.3 is 0 Å². The maximum atomic E-state index is 12.5. The first-order valence-corrected chi connectivity index (χ1v) is 8.05. The molecule has 2 heterocycles. The zero-order valence-electron chi connectivity index (χ0n) is 13.6. The number of carbonyl (C=O) groups excluding carboxylic acids is 1. The number of rotatable bonds is 4. The average molecular weight is 341 g/mol. The van der Waals surface area contributed by atoms with Crippen LogP contribution in [0, 0.1) is 10.1 Å². The molecular formula is C17H19N5O3. The number of amides is 1. The highest BCUT2D eigenvalue weighted by atomic mass is 16.6. The number of nitrogens with one attached hydrogen (secondary N) is 1. The van der Waals surface area contributed by atoms with Crippen LogP contribution in [0.2, 0.25) is 0 Å². The van der Waals surface area contributed by atoms with Crippen molar-refractivity contribution in [2.45, 2.75) is 18.9 Å². The summed E-state index contributed by atoms with van der Waals surface area (Å²) in [6.45, 7) is 1.59. The number of nitro benzene ring substituents is 1. The highest BCUT2D eigenvalue weighted by molar-refractivity contribution is 6.03. The van der Waals surface area contributed by atoms with Crippen molar-refractivity contribution in [2.24, 2.45) is 0 Å². The predicted octanol–water partition coefficient (Wildman–Crippen LogP) is 1.97. The van der Waals surface area contributed by atoms with Gasteiger partial charge < -0.3 is 16.0 Å². The molecule has 1 aliphatic heterocycles. The fourth-order valence-corrected chi connectivity index (χ4v) is 3.05. The maximum absolute atomic E-state index is 12.5. The summed E-state index contributed by atoms with van der Waals surface area (Å²) in [5.74, 6) is -0.493. The summed E-state index contributed by atoms with van der Waals surface area (Å²) in [4.78, 5) is 29.3. The minimum absolute atomic E-state index is 0.0372. The highest BCUT2D eigenvalue weighted by Gasteiger charge is 2.26. The van der Waals surface area contributed by atoms with Crippen LogP contribution in [0.15, 0.2) is 42.7 Å². The third-order valence-corrected chi connectivity index (χ3v) is 4.36. The zero-order chi connectivity index (χ0) is 17.8. The molecule has 1 saturated heterocycles. The number of nitro groups is 1. The summed E-state index contributed by atoms with van der Waals surface area (Å²) in [6, 6.07) is 8.12. The van der Waals surface area contributed by atoms with Crippen molar-refractivity contribution >= 4 is 23.0 Å². The van der Waals surface area contributed by atoms with Crippen LogP contribution in [-0.4, -0.2) is 34.9 Å². The molecule has 0 bridgehead atoms. The summed E-state index contributed by atoms with van der Waals surface area (Å²) in [7, 11) is 0. The van der Waals surface area contributed by atoms with Crippen molar-refractivity contribution in [1.82, 2.24) is 10.3 Å². The van der Waals surface area contributed by atoms with Crippen molar-refractivity contribution in [3.63, 3.8) is 0 Å². The number of aromatic nitrogens is 1. The summed E-state index contributed by atoms with van der Waals surface area (Å²) >= 11 is 0. The monoisotopic (exact) mass is 341 g/mol. The Bertz CT molecular complexity index is 773. The quantitative estimate of drug-likeness (QED) is 0.499. The third kappa shape index (κ3) is 3.68. The Morgan fingerprint density at radius 1 is 1.24 bits per heavy atom. The lowest BCUT2D eigenvalue weighted by molar-refractivity contribution is -0.385. The van der Waals surface area contributed by atoms with E-state index in [0.29, 0.717) is 0 Å². The number of nitrogen functional groups attached to an aromatic ring is 1. The Morgan fingerprint density at radius 3 is 2.56 bits per heavy atom. The molecule has 1 aromatic heterocycles. The SMILES string of the molecule is Nc1cccc([N+](=O)[O-])c1C(=O)NC1CCN(c2ccncc2)CC1. The van der Waals surface area contributed by atoms with Crippen molar-refractivity contribution in [3.05, 3.63) is 58.4 Å². The minimum atomic E-state index is -0.586. The van der Waals surface area contributed by atoms with Gasteiger partial charge in [-0.25, -0.2) is 0 Å². The van der Waals surface area contributed by atoms with Gasteiger partial charge in [-0.1, -0.05) is 6.07 Å². The van der Waals surface area contributed by atoms with Gasteiger partial charge in [-0.3, -0.25) is 19.9 Å². The standard InChI is InChI=1S/C17H19N5O3/c18-14-2-1-3-15(22(24)25)16(14)17(23)20-12-6-10-21(11-7-12)13-4-8-19-9-5-13/h1-5,8-9,12H,6-7,10-11,18H2,(H,20,23). The largest absolute Gasteiger partial charge is 0.398 e. The van der Waals surface area contributed by atoms with Gasteiger partial charge in [0.1, 0.15) is 5.56 Å². The Labute approximate surface area is 144 Å². The molecule has 25 heavy (non-hydrogen) atoms. The molecule has 2 aromatic rings. The number of hydrogen-bond donors (Lipinski definition) is 2. The smallest absolute Gasteiger partial charge is 0.284 e. The van der Waals surface area contributed by atoms with Crippen LogP contribution in [0.4, 0.5) is 17.1 Å². The van der Waals surface area contributed by atoms with E-state index in [1.54, 1.807) is 12.4 Å². The third-order valence-electron chi connectivity index (χ3n) is 4.36. The van der Waals surface area contributed by atoms with E-state index in [-0.39, 0.29) is 23.0 Å². The van der Waals surface area contributed by atoms with Crippen molar-refractivity contribution in [3.8, 4) is 0 Å². The lowest BCUT2D eigenvalue weighted by atomic mass is 10.0. The molecule has 0 unspecified atom stereocenters. The van der Waals surface area contributed by atoms with Crippen molar-refractivity contribution < 1.29 is 9.72 Å². The Kier molecular flexibility index (Phi) is 4.78. The Balaban J connectivity index is 1.65. The minimum Gasteiger partial charge on any atom is -0.398 e. The Morgan fingerprint density at radius 2 is 1.92 bits per heavy atom. The van der Waals surface area contributed by atoms with Gasteiger partial charge in [0.2, 0.25) is 0 Å². The molecule has 1 aliphatic rings. The molecule has 3 rings (SSSR count).